The molecule has 1 amide bonds. The Hall–Kier alpha value is -3.12. The number of carbonyl (C=O) groups is 1. The molecular weight excluding hydrogens is 360 g/mol. The number of amides is 1. The van der Waals surface area contributed by atoms with Crippen LogP contribution in [0, 0.1) is 6.92 Å². The van der Waals surface area contributed by atoms with Gasteiger partial charge in [0.05, 0.1) is 23.9 Å². The molecule has 0 saturated heterocycles. The second-order valence-electron chi connectivity index (χ2n) is 6.12. The lowest BCUT2D eigenvalue weighted by Gasteiger charge is -2.08. The van der Waals surface area contributed by atoms with Crippen LogP contribution < -0.4 is 10.1 Å². The number of aryl methyl sites for hydroxylation is 1. The molecule has 5 nitrogen and oxygen atoms in total. The number of thiazole rings is 1. The summed E-state index contributed by atoms with van der Waals surface area (Å²) < 4.78 is 12.2. The van der Waals surface area contributed by atoms with E-state index in [2.05, 4.69) is 10.3 Å². The predicted molar refractivity (Wildman–Crippen MR) is 106 cm³/mol. The first-order valence-electron chi connectivity index (χ1n) is 8.51. The zero-order chi connectivity index (χ0) is 18.8. The number of furan rings is 1. The van der Waals surface area contributed by atoms with Gasteiger partial charge in [-0.05, 0) is 48.9 Å². The van der Waals surface area contributed by atoms with E-state index in [1.54, 1.807) is 30.6 Å². The standard InChI is InChI=1S/C21H18N2O3S/c1-13-7-8-14(11-18(13)25-2)20(24)22-12-15-9-10-17(26-15)21-23-16-5-3-4-6-19(16)27-21/h3-11H,12H2,1-2H3,(H,22,24). The van der Waals surface area contributed by atoms with Crippen LogP contribution in [0.3, 0.4) is 0 Å². The van der Waals surface area contributed by atoms with Crippen molar-refractivity contribution in [2.45, 2.75) is 13.5 Å². The Kier molecular flexibility index (Phi) is 4.64. The number of para-hydroxylation sites is 1. The monoisotopic (exact) mass is 378 g/mol. The van der Waals surface area contributed by atoms with Crippen molar-refractivity contribution in [3.05, 3.63) is 71.5 Å². The van der Waals surface area contributed by atoms with Crippen molar-refractivity contribution in [1.29, 1.82) is 0 Å². The summed E-state index contributed by atoms with van der Waals surface area (Å²) >= 11 is 1.58. The maximum absolute atomic E-state index is 12.4. The van der Waals surface area contributed by atoms with Gasteiger partial charge in [0, 0.05) is 5.56 Å². The number of carbonyl (C=O) groups excluding carboxylic acids is 1. The molecule has 0 aliphatic heterocycles. The highest BCUT2D eigenvalue weighted by Gasteiger charge is 2.12. The summed E-state index contributed by atoms with van der Waals surface area (Å²) in [6.45, 7) is 2.24. The summed E-state index contributed by atoms with van der Waals surface area (Å²) in [5.41, 5.74) is 2.49. The Morgan fingerprint density at radius 3 is 2.85 bits per heavy atom. The average molecular weight is 378 g/mol. The van der Waals surface area contributed by atoms with Gasteiger partial charge < -0.3 is 14.5 Å². The highest BCUT2D eigenvalue weighted by atomic mass is 32.1. The number of hydrogen-bond donors (Lipinski definition) is 1. The number of nitrogens with one attached hydrogen (secondary N) is 1. The van der Waals surface area contributed by atoms with Crippen molar-refractivity contribution < 1.29 is 13.9 Å². The van der Waals surface area contributed by atoms with Gasteiger partial charge in [0.15, 0.2) is 10.8 Å². The number of benzene rings is 2. The lowest BCUT2D eigenvalue weighted by molar-refractivity contribution is 0.0947. The van der Waals surface area contributed by atoms with Crippen molar-refractivity contribution in [2.24, 2.45) is 0 Å². The SMILES string of the molecule is COc1cc(C(=O)NCc2ccc(-c3nc4ccccc4s3)o2)ccc1C. The number of hydrogen-bond acceptors (Lipinski definition) is 5. The summed E-state index contributed by atoms with van der Waals surface area (Å²) in [7, 11) is 1.59. The fraction of sp³-hybridized carbons (Fsp3) is 0.143. The molecule has 1 N–H and O–H groups in total. The minimum absolute atomic E-state index is 0.175. The van der Waals surface area contributed by atoms with Gasteiger partial charge in [-0.25, -0.2) is 4.98 Å². The maximum Gasteiger partial charge on any atom is 0.251 e. The summed E-state index contributed by atoms with van der Waals surface area (Å²) in [6.07, 6.45) is 0. The van der Waals surface area contributed by atoms with Crippen LogP contribution in [-0.4, -0.2) is 18.0 Å². The molecule has 0 atom stereocenters. The Bertz CT molecular complexity index is 1080. The molecule has 2 aromatic heterocycles. The van der Waals surface area contributed by atoms with Gasteiger partial charge in [-0.1, -0.05) is 18.2 Å². The smallest absolute Gasteiger partial charge is 0.251 e. The molecule has 0 saturated carbocycles. The summed E-state index contributed by atoms with van der Waals surface area (Å²) in [4.78, 5) is 17.0. The fourth-order valence-electron chi connectivity index (χ4n) is 2.80. The van der Waals surface area contributed by atoms with Crippen LogP contribution >= 0.6 is 11.3 Å². The Morgan fingerprint density at radius 2 is 2.04 bits per heavy atom. The second-order valence-corrected chi connectivity index (χ2v) is 7.15. The van der Waals surface area contributed by atoms with E-state index in [-0.39, 0.29) is 5.91 Å². The largest absolute Gasteiger partial charge is 0.496 e. The predicted octanol–water partition coefficient (Wildman–Crippen LogP) is 4.80. The molecule has 0 unspecified atom stereocenters. The van der Waals surface area contributed by atoms with Crippen LogP contribution in [0.25, 0.3) is 21.0 Å². The van der Waals surface area contributed by atoms with Crippen molar-refractivity contribution >= 4 is 27.5 Å². The first-order valence-corrected chi connectivity index (χ1v) is 9.33. The molecular formula is C21H18N2O3S. The number of aromatic nitrogens is 1. The molecule has 4 rings (SSSR count). The van der Waals surface area contributed by atoms with E-state index >= 15 is 0 Å². The summed E-state index contributed by atoms with van der Waals surface area (Å²) in [5.74, 6) is 1.90. The molecule has 6 heteroatoms. The topological polar surface area (TPSA) is 64.4 Å². The van der Waals surface area contributed by atoms with Crippen LogP contribution in [0.4, 0.5) is 0 Å². The Morgan fingerprint density at radius 1 is 1.19 bits per heavy atom. The van der Waals surface area contributed by atoms with Crippen molar-refractivity contribution in [1.82, 2.24) is 10.3 Å². The van der Waals surface area contributed by atoms with Gasteiger partial charge in [-0.3, -0.25) is 4.79 Å². The maximum atomic E-state index is 12.4. The lowest BCUT2D eigenvalue weighted by Crippen LogP contribution is -2.22. The van der Waals surface area contributed by atoms with Gasteiger partial charge >= 0.3 is 0 Å². The van der Waals surface area contributed by atoms with Gasteiger partial charge in [-0.15, -0.1) is 11.3 Å². The molecule has 2 heterocycles. The minimum atomic E-state index is -0.175. The molecule has 0 radical (unpaired) electrons. The average Bonchev–Trinajstić information content (AvgIpc) is 3.33. The van der Waals surface area contributed by atoms with Crippen LogP contribution in [0.2, 0.25) is 0 Å². The van der Waals surface area contributed by atoms with E-state index in [1.165, 1.54) is 0 Å². The minimum Gasteiger partial charge on any atom is -0.496 e. The van der Waals surface area contributed by atoms with Gasteiger partial charge in [0.1, 0.15) is 11.5 Å². The third kappa shape index (κ3) is 3.57. The molecule has 0 fully saturated rings. The van der Waals surface area contributed by atoms with E-state index in [1.807, 2.05) is 49.4 Å². The molecule has 0 aliphatic carbocycles. The van der Waals surface area contributed by atoms with Crippen LogP contribution in [0.5, 0.6) is 5.75 Å². The molecule has 136 valence electrons. The van der Waals surface area contributed by atoms with Crippen molar-refractivity contribution in [3.8, 4) is 16.5 Å². The molecule has 0 spiro atoms. The number of ether oxygens (including phenoxy) is 1. The van der Waals surface area contributed by atoms with Crippen LogP contribution in [0.1, 0.15) is 21.7 Å². The zero-order valence-corrected chi connectivity index (χ0v) is 15.8. The van der Waals surface area contributed by atoms with Crippen molar-refractivity contribution in [2.75, 3.05) is 7.11 Å². The quantitative estimate of drug-likeness (QED) is 0.542. The highest BCUT2D eigenvalue weighted by Crippen LogP contribution is 2.31. The Labute approximate surface area is 160 Å². The van der Waals surface area contributed by atoms with Crippen LogP contribution in [-0.2, 0) is 6.54 Å². The van der Waals surface area contributed by atoms with Gasteiger partial charge in [-0.2, -0.15) is 0 Å². The molecule has 27 heavy (non-hydrogen) atoms. The van der Waals surface area contributed by atoms with Gasteiger partial charge in [0.2, 0.25) is 0 Å². The molecule has 0 aliphatic rings. The van der Waals surface area contributed by atoms with E-state index in [0.29, 0.717) is 29.4 Å². The summed E-state index contributed by atoms with van der Waals surface area (Å²) in [5, 5.41) is 3.70. The zero-order valence-electron chi connectivity index (χ0n) is 15.0. The number of rotatable bonds is 5. The van der Waals surface area contributed by atoms with Gasteiger partial charge in [0.25, 0.3) is 5.91 Å². The molecule has 0 bridgehead atoms. The summed E-state index contributed by atoms with van der Waals surface area (Å²) in [6, 6.07) is 17.1. The molecule has 4 aromatic rings. The highest BCUT2D eigenvalue weighted by molar-refractivity contribution is 7.21. The number of fused-ring (bicyclic) bond motifs is 1. The lowest BCUT2D eigenvalue weighted by atomic mass is 10.1. The van der Waals surface area contributed by atoms with E-state index in [4.69, 9.17) is 9.15 Å². The van der Waals surface area contributed by atoms with E-state index in [9.17, 15) is 4.79 Å². The number of methoxy groups -OCH3 is 1. The first kappa shape index (κ1) is 17.3. The Balaban J connectivity index is 1.45. The fourth-order valence-corrected chi connectivity index (χ4v) is 3.72. The molecule has 2 aromatic carbocycles. The van der Waals surface area contributed by atoms with E-state index in [0.717, 1.165) is 20.8 Å². The van der Waals surface area contributed by atoms with Crippen molar-refractivity contribution in [3.63, 3.8) is 0 Å². The number of nitrogens with zero attached hydrogens (tertiary/aromatic N) is 1. The normalized spacial score (nSPS) is 10.9. The van der Waals surface area contributed by atoms with E-state index < -0.39 is 0 Å². The third-order valence-electron chi connectivity index (χ3n) is 4.26. The van der Waals surface area contributed by atoms with Crippen LogP contribution in [0.15, 0.2) is 59.0 Å². The second kappa shape index (κ2) is 7.25. The third-order valence-corrected chi connectivity index (χ3v) is 5.31. The first-order chi connectivity index (χ1) is 13.1.